The summed E-state index contributed by atoms with van der Waals surface area (Å²) in [5.41, 5.74) is 8.18. The quantitative estimate of drug-likeness (QED) is 0.897. The van der Waals surface area contributed by atoms with Crippen molar-refractivity contribution in [1.82, 2.24) is 4.90 Å². The molecule has 3 N–H and O–H groups in total. The Morgan fingerprint density at radius 2 is 1.79 bits per heavy atom. The second-order valence-corrected chi connectivity index (χ2v) is 5.85. The number of fused-ring (bicyclic) bond motifs is 1. The number of rotatable bonds is 4. The minimum absolute atomic E-state index is 0.0410. The Labute approximate surface area is 139 Å². The maximum Gasteiger partial charge on any atom is 0.238 e. The van der Waals surface area contributed by atoms with Gasteiger partial charge in [-0.15, -0.1) is 0 Å². The van der Waals surface area contributed by atoms with E-state index in [1.165, 1.54) is 24.3 Å². The van der Waals surface area contributed by atoms with Crippen LogP contribution < -0.4 is 11.1 Å². The number of carbonyl (C=O) groups is 2. The van der Waals surface area contributed by atoms with E-state index in [4.69, 9.17) is 5.73 Å². The zero-order valence-corrected chi connectivity index (χ0v) is 13.0. The summed E-state index contributed by atoms with van der Waals surface area (Å²) in [4.78, 5) is 25.8. The predicted molar refractivity (Wildman–Crippen MR) is 88.6 cm³/mol. The first-order chi connectivity index (χ1) is 11.5. The minimum atomic E-state index is -0.515. The van der Waals surface area contributed by atoms with Gasteiger partial charge in [-0.3, -0.25) is 14.5 Å². The highest BCUT2D eigenvalue weighted by molar-refractivity contribution is 5.92. The van der Waals surface area contributed by atoms with Crippen LogP contribution in [0.15, 0.2) is 48.5 Å². The SMILES string of the molecule is NC(=O)[C@H]1Cc2ccccc2CN1CC(=O)Nc1ccc(F)cc1. The van der Waals surface area contributed by atoms with Gasteiger partial charge in [0, 0.05) is 12.2 Å². The molecule has 0 bridgehead atoms. The lowest BCUT2D eigenvalue weighted by Gasteiger charge is -2.34. The van der Waals surface area contributed by atoms with E-state index >= 15 is 0 Å². The summed E-state index contributed by atoms with van der Waals surface area (Å²) in [5, 5.41) is 2.70. The highest BCUT2D eigenvalue weighted by Crippen LogP contribution is 2.23. The van der Waals surface area contributed by atoms with Crippen LogP contribution in [-0.4, -0.2) is 29.3 Å². The molecule has 0 fully saturated rings. The zero-order chi connectivity index (χ0) is 17.1. The van der Waals surface area contributed by atoms with E-state index in [1.54, 1.807) is 4.90 Å². The first-order valence-electron chi connectivity index (χ1n) is 7.68. The van der Waals surface area contributed by atoms with Gasteiger partial charge in [0.25, 0.3) is 0 Å². The molecule has 0 unspecified atom stereocenters. The molecule has 0 radical (unpaired) electrons. The van der Waals surface area contributed by atoms with Crippen LogP contribution in [0.25, 0.3) is 0 Å². The summed E-state index contributed by atoms with van der Waals surface area (Å²) >= 11 is 0. The van der Waals surface area contributed by atoms with E-state index in [2.05, 4.69) is 5.32 Å². The standard InChI is InChI=1S/C18H18FN3O2/c19-14-5-7-15(8-6-14)21-17(23)11-22-10-13-4-2-1-3-12(13)9-16(22)18(20)24/h1-8,16H,9-11H2,(H2,20,24)(H,21,23)/t16-/m1/s1. The van der Waals surface area contributed by atoms with Crippen LogP contribution in [0.5, 0.6) is 0 Å². The molecular weight excluding hydrogens is 309 g/mol. The molecule has 0 saturated heterocycles. The number of carbonyl (C=O) groups excluding carboxylic acids is 2. The first kappa shape index (κ1) is 16.1. The van der Waals surface area contributed by atoms with Gasteiger partial charge in [0.1, 0.15) is 5.82 Å². The first-order valence-corrected chi connectivity index (χ1v) is 7.68. The second kappa shape index (κ2) is 6.80. The van der Waals surface area contributed by atoms with Crippen LogP contribution in [0.3, 0.4) is 0 Å². The molecule has 0 aromatic heterocycles. The number of hydrogen-bond donors (Lipinski definition) is 2. The van der Waals surface area contributed by atoms with E-state index < -0.39 is 11.9 Å². The van der Waals surface area contributed by atoms with Crippen molar-refractivity contribution in [3.05, 3.63) is 65.5 Å². The fourth-order valence-corrected chi connectivity index (χ4v) is 2.94. The molecule has 5 nitrogen and oxygen atoms in total. The van der Waals surface area contributed by atoms with Crippen molar-refractivity contribution < 1.29 is 14.0 Å². The fourth-order valence-electron chi connectivity index (χ4n) is 2.94. The van der Waals surface area contributed by atoms with Crippen molar-refractivity contribution in [2.24, 2.45) is 5.73 Å². The average molecular weight is 327 g/mol. The van der Waals surface area contributed by atoms with Gasteiger partial charge in [-0.05, 0) is 41.8 Å². The number of nitrogens with zero attached hydrogens (tertiary/aromatic N) is 1. The average Bonchev–Trinajstić information content (AvgIpc) is 2.56. The molecule has 2 aromatic carbocycles. The molecule has 0 spiro atoms. The van der Waals surface area contributed by atoms with Gasteiger partial charge in [-0.25, -0.2) is 4.39 Å². The van der Waals surface area contributed by atoms with Crippen molar-refractivity contribution in [2.75, 3.05) is 11.9 Å². The van der Waals surface area contributed by atoms with Crippen molar-refractivity contribution in [3.63, 3.8) is 0 Å². The van der Waals surface area contributed by atoms with Crippen LogP contribution in [0.1, 0.15) is 11.1 Å². The molecule has 6 heteroatoms. The van der Waals surface area contributed by atoms with Gasteiger partial charge < -0.3 is 11.1 Å². The maximum absolute atomic E-state index is 12.9. The lowest BCUT2D eigenvalue weighted by molar-refractivity contribution is -0.125. The topological polar surface area (TPSA) is 75.4 Å². The van der Waals surface area contributed by atoms with E-state index in [9.17, 15) is 14.0 Å². The Morgan fingerprint density at radius 1 is 1.12 bits per heavy atom. The lowest BCUT2D eigenvalue weighted by atomic mass is 9.93. The Kier molecular flexibility index (Phi) is 4.57. The number of benzene rings is 2. The van der Waals surface area contributed by atoms with Gasteiger partial charge in [0.05, 0.1) is 12.6 Å². The van der Waals surface area contributed by atoms with E-state index in [-0.39, 0.29) is 18.3 Å². The Hall–Kier alpha value is -2.73. The number of hydrogen-bond acceptors (Lipinski definition) is 3. The van der Waals surface area contributed by atoms with Gasteiger partial charge >= 0.3 is 0 Å². The van der Waals surface area contributed by atoms with Crippen molar-refractivity contribution in [3.8, 4) is 0 Å². The van der Waals surface area contributed by atoms with Crippen molar-refractivity contribution >= 4 is 17.5 Å². The summed E-state index contributed by atoms with van der Waals surface area (Å²) in [6.45, 7) is 0.528. The molecule has 1 aliphatic rings. The fraction of sp³-hybridized carbons (Fsp3) is 0.222. The summed E-state index contributed by atoms with van der Waals surface area (Å²) in [7, 11) is 0. The summed E-state index contributed by atoms with van der Waals surface area (Å²) in [6.07, 6.45) is 0.495. The molecule has 1 heterocycles. The number of anilines is 1. The van der Waals surface area contributed by atoms with Crippen LogP contribution in [0.2, 0.25) is 0 Å². The molecule has 0 saturated carbocycles. The van der Waals surface area contributed by atoms with Crippen LogP contribution in [0.4, 0.5) is 10.1 Å². The molecule has 24 heavy (non-hydrogen) atoms. The molecule has 0 aliphatic carbocycles. The Morgan fingerprint density at radius 3 is 2.46 bits per heavy atom. The third-order valence-corrected chi connectivity index (χ3v) is 4.15. The van der Waals surface area contributed by atoms with Crippen molar-refractivity contribution in [2.45, 2.75) is 19.0 Å². The summed E-state index contributed by atoms with van der Waals surface area (Å²) < 4.78 is 12.9. The zero-order valence-electron chi connectivity index (χ0n) is 13.0. The Balaban J connectivity index is 1.71. The number of nitrogens with one attached hydrogen (secondary N) is 1. The minimum Gasteiger partial charge on any atom is -0.368 e. The molecule has 2 amide bonds. The summed E-state index contributed by atoms with van der Waals surface area (Å²) in [5.74, 6) is -1.08. The highest BCUT2D eigenvalue weighted by atomic mass is 19.1. The summed E-state index contributed by atoms with van der Waals surface area (Å²) in [6, 6.07) is 12.8. The van der Waals surface area contributed by atoms with Crippen LogP contribution in [0, 0.1) is 5.82 Å². The number of amides is 2. The molecule has 1 aliphatic heterocycles. The number of primary amides is 1. The molecule has 2 aromatic rings. The normalized spacial score (nSPS) is 17.1. The smallest absolute Gasteiger partial charge is 0.238 e. The van der Waals surface area contributed by atoms with E-state index in [0.29, 0.717) is 18.7 Å². The monoisotopic (exact) mass is 327 g/mol. The van der Waals surface area contributed by atoms with Gasteiger partial charge in [-0.1, -0.05) is 24.3 Å². The Bertz CT molecular complexity index is 761. The predicted octanol–water partition coefficient (Wildman–Crippen LogP) is 1.68. The van der Waals surface area contributed by atoms with Crippen LogP contribution >= 0.6 is 0 Å². The largest absolute Gasteiger partial charge is 0.368 e. The molecule has 3 rings (SSSR count). The van der Waals surface area contributed by atoms with E-state index in [0.717, 1.165) is 11.1 Å². The van der Waals surface area contributed by atoms with Gasteiger partial charge in [0.15, 0.2) is 0 Å². The number of nitrogens with two attached hydrogens (primary N) is 1. The van der Waals surface area contributed by atoms with Crippen LogP contribution in [-0.2, 0) is 22.6 Å². The van der Waals surface area contributed by atoms with Gasteiger partial charge in [-0.2, -0.15) is 0 Å². The van der Waals surface area contributed by atoms with E-state index in [1.807, 2.05) is 24.3 Å². The third kappa shape index (κ3) is 3.60. The lowest BCUT2D eigenvalue weighted by Crippen LogP contribution is -2.50. The second-order valence-electron chi connectivity index (χ2n) is 5.85. The maximum atomic E-state index is 12.9. The van der Waals surface area contributed by atoms with Crippen molar-refractivity contribution in [1.29, 1.82) is 0 Å². The molecular formula is C18H18FN3O2. The third-order valence-electron chi connectivity index (χ3n) is 4.15. The highest BCUT2D eigenvalue weighted by Gasteiger charge is 2.31. The van der Waals surface area contributed by atoms with Gasteiger partial charge in [0.2, 0.25) is 11.8 Å². The molecule has 1 atom stereocenters. The number of halogens is 1. The molecule has 124 valence electrons.